The number of carbonyl (C=O) groups excluding carboxylic acids is 2. The largest absolute Gasteiger partial charge is 0.322 e. The van der Waals surface area contributed by atoms with Gasteiger partial charge in [0, 0.05) is 27.9 Å². The van der Waals surface area contributed by atoms with E-state index < -0.39 is 0 Å². The lowest BCUT2D eigenvalue weighted by Gasteiger charge is -2.17. The lowest BCUT2D eigenvalue weighted by molar-refractivity contribution is -0.117. The van der Waals surface area contributed by atoms with Crippen LogP contribution in [0.15, 0.2) is 42.5 Å². The summed E-state index contributed by atoms with van der Waals surface area (Å²) in [5, 5.41) is 2.92. The summed E-state index contributed by atoms with van der Waals surface area (Å²) >= 11 is 2.19. The highest BCUT2D eigenvalue weighted by atomic mass is 127. The number of hydrogen-bond acceptors (Lipinski definition) is 2. The molecular weight excluding hydrogens is 403 g/mol. The molecule has 0 bridgehead atoms. The first kappa shape index (κ1) is 16.0. The molecular formula is C18H17IN2O2. The molecule has 0 atom stereocenters. The summed E-state index contributed by atoms with van der Waals surface area (Å²) in [5.41, 5.74) is 3.27. The normalized spacial score (nSPS) is 14.2. The van der Waals surface area contributed by atoms with Gasteiger partial charge in [-0.25, -0.2) is 0 Å². The number of amides is 2. The predicted octanol–water partition coefficient (Wildman–Crippen LogP) is 3.98. The van der Waals surface area contributed by atoms with Crippen LogP contribution in [-0.2, 0) is 4.79 Å². The summed E-state index contributed by atoms with van der Waals surface area (Å²) in [5.74, 6) is 0.00436. The fraction of sp³-hybridized carbons (Fsp3) is 0.222. The van der Waals surface area contributed by atoms with Crippen molar-refractivity contribution >= 4 is 45.8 Å². The summed E-state index contributed by atoms with van der Waals surface area (Å²) in [4.78, 5) is 26.1. The Morgan fingerprint density at radius 1 is 1.22 bits per heavy atom. The van der Waals surface area contributed by atoms with E-state index in [-0.39, 0.29) is 11.8 Å². The van der Waals surface area contributed by atoms with Crippen LogP contribution < -0.4 is 10.2 Å². The van der Waals surface area contributed by atoms with Crippen molar-refractivity contribution in [2.75, 3.05) is 16.8 Å². The topological polar surface area (TPSA) is 49.4 Å². The minimum Gasteiger partial charge on any atom is -0.322 e. The maximum atomic E-state index is 12.5. The van der Waals surface area contributed by atoms with Gasteiger partial charge in [-0.15, -0.1) is 0 Å². The van der Waals surface area contributed by atoms with Gasteiger partial charge in [0.15, 0.2) is 0 Å². The molecule has 1 aliphatic rings. The molecule has 1 fully saturated rings. The second-order valence-electron chi connectivity index (χ2n) is 5.59. The zero-order valence-electron chi connectivity index (χ0n) is 12.8. The molecule has 1 heterocycles. The van der Waals surface area contributed by atoms with E-state index in [0.717, 1.165) is 27.8 Å². The van der Waals surface area contributed by atoms with E-state index in [2.05, 4.69) is 27.9 Å². The predicted molar refractivity (Wildman–Crippen MR) is 99.9 cm³/mol. The van der Waals surface area contributed by atoms with Crippen molar-refractivity contribution in [1.29, 1.82) is 0 Å². The number of nitrogens with zero attached hydrogens (tertiary/aromatic N) is 1. The van der Waals surface area contributed by atoms with E-state index >= 15 is 0 Å². The van der Waals surface area contributed by atoms with Gasteiger partial charge >= 0.3 is 0 Å². The molecule has 0 aromatic heterocycles. The number of hydrogen-bond donors (Lipinski definition) is 1. The van der Waals surface area contributed by atoms with E-state index in [1.807, 2.05) is 49.4 Å². The van der Waals surface area contributed by atoms with E-state index in [1.165, 1.54) is 0 Å². The highest BCUT2D eigenvalue weighted by molar-refractivity contribution is 14.1. The van der Waals surface area contributed by atoms with E-state index in [0.29, 0.717) is 17.7 Å². The van der Waals surface area contributed by atoms with Crippen molar-refractivity contribution in [1.82, 2.24) is 0 Å². The van der Waals surface area contributed by atoms with Crippen LogP contribution in [0.5, 0.6) is 0 Å². The summed E-state index contributed by atoms with van der Waals surface area (Å²) in [6.07, 6.45) is 1.48. The molecule has 118 valence electrons. The molecule has 2 amide bonds. The second-order valence-corrected chi connectivity index (χ2v) is 6.67. The second kappa shape index (κ2) is 6.70. The number of rotatable bonds is 3. The highest BCUT2D eigenvalue weighted by Gasteiger charge is 2.22. The quantitative estimate of drug-likeness (QED) is 0.764. The van der Waals surface area contributed by atoms with E-state index in [4.69, 9.17) is 0 Å². The lowest BCUT2D eigenvalue weighted by atomic mass is 10.1. The van der Waals surface area contributed by atoms with Gasteiger partial charge in [0.25, 0.3) is 5.91 Å². The standard InChI is InChI=1S/C18H17IN2O2/c1-12-5-2-8-15(17(12)19)18(23)20-13-6-3-7-14(11-13)21-10-4-9-16(21)22/h2-3,5-8,11H,4,9-10H2,1H3,(H,20,23). The summed E-state index contributed by atoms with van der Waals surface area (Å²) in [6.45, 7) is 2.73. The van der Waals surface area contributed by atoms with Crippen molar-refractivity contribution in [2.45, 2.75) is 19.8 Å². The third-order valence-electron chi connectivity index (χ3n) is 3.93. The maximum Gasteiger partial charge on any atom is 0.256 e. The van der Waals surface area contributed by atoms with Crippen LogP contribution >= 0.6 is 22.6 Å². The fourth-order valence-corrected chi connectivity index (χ4v) is 3.30. The summed E-state index contributed by atoms with van der Waals surface area (Å²) in [7, 11) is 0. The molecule has 4 nitrogen and oxygen atoms in total. The summed E-state index contributed by atoms with van der Waals surface area (Å²) < 4.78 is 0.952. The van der Waals surface area contributed by atoms with Crippen molar-refractivity contribution in [3.05, 3.63) is 57.2 Å². The Kier molecular flexibility index (Phi) is 4.66. The monoisotopic (exact) mass is 420 g/mol. The molecule has 0 radical (unpaired) electrons. The Hall–Kier alpha value is -1.89. The number of aryl methyl sites for hydroxylation is 1. The molecule has 0 unspecified atom stereocenters. The lowest BCUT2D eigenvalue weighted by Crippen LogP contribution is -2.23. The first-order valence-corrected chi connectivity index (χ1v) is 8.61. The van der Waals surface area contributed by atoms with Gasteiger partial charge < -0.3 is 10.2 Å². The van der Waals surface area contributed by atoms with Gasteiger partial charge in [0.2, 0.25) is 5.91 Å². The highest BCUT2D eigenvalue weighted by Crippen LogP contribution is 2.25. The first-order valence-electron chi connectivity index (χ1n) is 7.53. The molecule has 0 spiro atoms. The van der Waals surface area contributed by atoms with Crippen LogP contribution in [0.3, 0.4) is 0 Å². The molecule has 0 aliphatic carbocycles. The summed E-state index contributed by atoms with van der Waals surface area (Å²) in [6, 6.07) is 13.1. The van der Waals surface area contributed by atoms with Gasteiger partial charge in [-0.05, 0) is 65.8 Å². The van der Waals surface area contributed by atoms with Crippen LogP contribution in [0, 0.1) is 10.5 Å². The van der Waals surface area contributed by atoms with E-state index in [1.54, 1.807) is 4.90 Å². The Morgan fingerprint density at radius 3 is 2.74 bits per heavy atom. The Balaban J connectivity index is 1.81. The molecule has 23 heavy (non-hydrogen) atoms. The number of benzene rings is 2. The van der Waals surface area contributed by atoms with Crippen LogP contribution in [0.25, 0.3) is 0 Å². The molecule has 5 heteroatoms. The molecule has 1 saturated heterocycles. The van der Waals surface area contributed by atoms with Crippen molar-refractivity contribution in [2.24, 2.45) is 0 Å². The molecule has 0 saturated carbocycles. The van der Waals surface area contributed by atoms with Gasteiger partial charge in [0.1, 0.15) is 0 Å². The molecule has 1 aliphatic heterocycles. The van der Waals surface area contributed by atoms with Crippen LogP contribution in [0.1, 0.15) is 28.8 Å². The Labute approximate surface area is 149 Å². The van der Waals surface area contributed by atoms with Crippen molar-refractivity contribution < 1.29 is 9.59 Å². The van der Waals surface area contributed by atoms with Gasteiger partial charge in [0.05, 0.1) is 5.56 Å². The smallest absolute Gasteiger partial charge is 0.256 e. The van der Waals surface area contributed by atoms with E-state index in [9.17, 15) is 9.59 Å². The number of halogens is 1. The van der Waals surface area contributed by atoms with Gasteiger partial charge in [-0.3, -0.25) is 9.59 Å². The number of carbonyl (C=O) groups is 2. The zero-order valence-corrected chi connectivity index (χ0v) is 15.0. The third kappa shape index (κ3) is 3.39. The van der Waals surface area contributed by atoms with Crippen LogP contribution in [-0.4, -0.2) is 18.4 Å². The van der Waals surface area contributed by atoms with Crippen molar-refractivity contribution in [3.63, 3.8) is 0 Å². The average molecular weight is 420 g/mol. The van der Waals surface area contributed by atoms with Gasteiger partial charge in [-0.2, -0.15) is 0 Å². The molecule has 3 rings (SSSR count). The minimum atomic E-state index is -0.136. The zero-order chi connectivity index (χ0) is 16.4. The fourth-order valence-electron chi connectivity index (χ4n) is 2.69. The van der Waals surface area contributed by atoms with Gasteiger partial charge in [-0.1, -0.05) is 18.2 Å². The van der Waals surface area contributed by atoms with Crippen LogP contribution in [0.2, 0.25) is 0 Å². The average Bonchev–Trinajstić information content (AvgIpc) is 2.96. The maximum absolute atomic E-state index is 12.5. The molecule has 2 aromatic carbocycles. The molecule has 2 aromatic rings. The first-order chi connectivity index (χ1) is 11.1. The SMILES string of the molecule is Cc1cccc(C(=O)Nc2cccc(N3CCCC3=O)c2)c1I. The Morgan fingerprint density at radius 2 is 2.00 bits per heavy atom. The Bertz CT molecular complexity index is 773. The van der Waals surface area contributed by atoms with Crippen molar-refractivity contribution in [3.8, 4) is 0 Å². The van der Waals surface area contributed by atoms with Crippen LogP contribution in [0.4, 0.5) is 11.4 Å². The number of anilines is 2. The third-order valence-corrected chi connectivity index (χ3v) is 5.36. The number of nitrogens with one attached hydrogen (secondary N) is 1. The minimum absolute atomic E-state index is 0.136. The molecule has 1 N–H and O–H groups in total.